The van der Waals surface area contributed by atoms with Crippen LogP contribution in [0.5, 0.6) is 0 Å². The highest BCUT2D eigenvalue weighted by Crippen LogP contribution is 2.26. The third-order valence-electron chi connectivity index (χ3n) is 4.31. The topological polar surface area (TPSA) is 3.88 Å². The summed E-state index contributed by atoms with van der Waals surface area (Å²) in [7, 11) is 0.739. The largest absolute Gasteiger partial charge is 0.212 e. The summed E-state index contributed by atoms with van der Waals surface area (Å²) in [5, 5.41) is 1.49. The lowest BCUT2D eigenvalue weighted by Gasteiger charge is -2.20. The van der Waals surface area contributed by atoms with E-state index in [1.807, 2.05) is 32.9 Å². The molecule has 24 heavy (non-hydrogen) atoms. The van der Waals surface area contributed by atoms with E-state index in [1.54, 1.807) is 0 Å². The zero-order valence-electron chi connectivity index (χ0n) is 18.8. The van der Waals surface area contributed by atoms with Crippen LogP contribution in [0.15, 0.2) is 30.5 Å². The molecule has 0 radical (unpaired) electrons. The molecule has 1 heterocycles. The van der Waals surface area contributed by atoms with Gasteiger partial charge in [0.05, 0.1) is 8.07 Å². The summed E-state index contributed by atoms with van der Waals surface area (Å²) in [4.78, 5) is 0. The molecule has 130 valence electrons. The highest BCUT2D eigenvalue weighted by molar-refractivity contribution is 6.88. The minimum absolute atomic E-state index is 0.443. The van der Waals surface area contributed by atoms with Crippen molar-refractivity contribution < 1.29 is 7.31 Å². The predicted molar refractivity (Wildman–Crippen MR) is 109 cm³/mol. The van der Waals surface area contributed by atoms with E-state index in [1.165, 1.54) is 22.0 Å². The van der Waals surface area contributed by atoms with E-state index in [2.05, 4.69) is 63.4 Å². The molecule has 0 saturated carbocycles. The van der Waals surface area contributed by atoms with E-state index in [-0.39, 0.29) is 0 Å². The lowest BCUT2D eigenvalue weighted by atomic mass is 9.87. The Kier molecular flexibility index (Phi) is 4.34. The number of rotatable bonds is 3. The summed E-state index contributed by atoms with van der Waals surface area (Å²) in [6, 6.07) is 8.34. The smallest absolute Gasteiger partial charge is 0.201 e. The van der Waals surface area contributed by atoms with Gasteiger partial charge < -0.3 is 0 Å². The molecule has 2 rings (SSSR count). The minimum atomic E-state index is -1.37. The molecular weight excluding hydrogens is 306 g/mol. The number of hydrogen-bond donors (Lipinski definition) is 0. The SMILES string of the molecule is [2H]C([2H])(c1ccc(-c2cc(C)c([Si](C)(C)C)c[n+]2C)c(C)c1)C(C)(C)C. The van der Waals surface area contributed by atoms with Gasteiger partial charge in [-0.3, -0.25) is 0 Å². The van der Waals surface area contributed by atoms with Crippen LogP contribution in [0.4, 0.5) is 0 Å². The highest BCUT2D eigenvalue weighted by atomic mass is 28.3. The van der Waals surface area contributed by atoms with Crippen molar-refractivity contribution in [1.82, 2.24) is 0 Å². The van der Waals surface area contributed by atoms with Gasteiger partial charge in [0.15, 0.2) is 6.20 Å². The number of benzene rings is 1. The summed E-state index contributed by atoms with van der Waals surface area (Å²) in [6.45, 7) is 17.3. The van der Waals surface area contributed by atoms with Crippen LogP contribution in [0.1, 0.15) is 40.2 Å². The van der Waals surface area contributed by atoms with Gasteiger partial charge in [0, 0.05) is 19.6 Å². The molecule has 0 aliphatic heterocycles. The van der Waals surface area contributed by atoms with Gasteiger partial charge in [-0.1, -0.05) is 52.5 Å². The standard InChI is InChI=1S/C22H34NSi/c1-16-12-18(14-22(3,4)5)10-11-19(16)20-13-17(2)21(15-23(20)6)24(7,8)9/h10-13,15H,14H2,1-9H3/q+1/i14D2. The van der Waals surface area contributed by atoms with Crippen LogP contribution in [-0.2, 0) is 13.4 Å². The summed E-state index contributed by atoms with van der Waals surface area (Å²) in [5.41, 5.74) is 5.14. The summed E-state index contributed by atoms with van der Waals surface area (Å²) in [5.74, 6) is 0. The normalized spacial score (nSPS) is 14.4. The first-order valence-electron chi connectivity index (χ1n) is 9.78. The molecule has 2 aromatic rings. The van der Waals surface area contributed by atoms with E-state index in [4.69, 9.17) is 2.74 Å². The van der Waals surface area contributed by atoms with Crippen LogP contribution in [0.25, 0.3) is 11.3 Å². The Labute approximate surface area is 152 Å². The maximum Gasteiger partial charge on any atom is 0.212 e. The van der Waals surface area contributed by atoms with Crippen molar-refractivity contribution >= 4 is 13.3 Å². The van der Waals surface area contributed by atoms with Crippen molar-refractivity contribution in [2.45, 2.75) is 60.6 Å². The Balaban J connectivity index is 2.57. The molecule has 0 bridgehead atoms. The van der Waals surface area contributed by atoms with Crippen LogP contribution in [0.2, 0.25) is 19.6 Å². The van der Waals surface area contributed by atoms with Crippen LogP contribution in [-0.4, -0.2) is 8.07 Å². The van der Waals surface area contributed by atoms with Gasteiger partial charge in [-0.05, 0) is 48.4 Å². The van der Waals surface area contributed by atoms with Gasteiger partial charge in [0.1, 0.15) is 7.05 Å². The molecule has 1 aromatic carbocycles. The molecular formula is C22H34NSi+. The number of nitrogens with zero attached hydrogens (tertiary/aromatic N) is 1. The molecule has 0 aliphatic carbocycles. The van der Waals surface area contributed by atoms with Gasteiger partial charge >= 0.3 is 0 Å². The summed E-state index contributed by atoms with van der Waals surface area (Å²) in [6.07, 6.45) is 0.925. The molecule has 0 atom stereocenters. The number of aromatic nitrogens is 1. The average molecular weight is 343 g/mol. The molecule has 0 unspecified atom stereocenters. The fourth-order valence-electron chi connectivity index (χ4n) is 3.26. The van der Waals surface area contributed by atoms with E-state index in [0.29, 0.717) is 0 Å². The van der Waals surface area contributed by atoms with Gasteiger partial charge in [-0.2, -0.15) is 0 Å². The van der Waals surface area contributed by atoms with E-state index < -0.39 is 19.9 Å². The van der Waals surface area contributed by atoms with Crippen molar-refractivity contribution in [3.63, 3.8) is 0 Å². The van der Waals surface area contributed by atoms with Crippen LogP contribution in [0.3, 0.4) is 0 Å². The zero-order chi connectivity index (χ0) is 20.1. The van der Waals surface area contributed by atoms with Gasteiger partial charge in [-0.25, -0.2) is 4.57 Å². The van der Waals surface area contributed by atoms with E-state index in [9.17, 15) is 0 Å². The van der Waals surface area contributed by atoms with Crippen molar-refractivity contribution in [2.24, 2.45) is 12.5 Å². The van der Waals surface area contributed by atoms with Crippen molar-refractivity contribution in [1.29, 1.82) is 0 Å². The molecule has 0 N–H and O–H groups in total. The maximum absolute atomic E-state index is 8.53. The first kappa shape index (κ1) is 16.1. The van der Waals surface area contributed by atoms with E-state index in [0.717, 1.165) is 11.1 Å². The third kappa shape index (κ3) is 4.35. The molecule has 0 aliphatic rings. The fourth-order valence-corrected chi connectivity index (χ4v) is 5.10. The fraction of sp³-hybridized carbons (Fsp3) is 0.500. The predicted octanol–water partition coefficient (Wildman–Crippen LogP) is 4.93. The lowest BCUT2D eigenvalue weighted by molar-refractivity contribution is -0.659. The zero-order valence-corrected chi connectivity index (χ0v) is 17.8. The van der Waals surface area contributed by atoms with E-state index >= 15 is 0 Å². The number of hydrogen-bond acceptors (Lipinski definition) is 0. The highest BCUT2D eigenvalue weighted by Gasteiger charge is 2.24. The summed E-state index contributed by atoms with van der Waals surface area (Å²) < 4.78 is 19.3. The summed E-state index contributed by atoms with van der Waals surface area (Å²) >= 11 is 0. The van der Waals surface area contributed by atoms with Crippen LogP contribution < -0.4 is 9.75 Å². The molecule has 2 heteroatoms. The molecule has 0 amide bonds. The van der Waals surface area contributed by atoms with Gasteiger partial charge in [0.25, 0.3) is 0 Å². The Morgan fingerprint density at radius 2 is 1.67 bits per heavy atom. The Morgan fingerprint density at radius 1 is 1.04 bits per heavy atom. The third-order valence-corrected chi connectivity index (χ3v) is 6.45. The average Bonchev–Trinajstić information content (AvgIpc) is 2.47. The molecule has 1 nitrogen and oxygen atoms in total. The first-order chi connectivity index (χ1) is 11.7. The second-order valence-electron chi connectivity index (χ2n) is 9.02. The number of aryl methyl sites for hydroxylation is 3. The quantitative estimate of drug-likeness (QED) is 0.550. The Morgan fingerprint density at radius 3 is 2.17 bits per heavy atom. The molecule has 1 aromatic heterocycles. The molecule has 0 fully saturated rings. The van der Waals surface area contributed by atoms with Crippen molar-refractivity contribution in [2.75, 3.05) is 0 Å². The maximum atomic E-state index is 8.53. The number of pyridine rings is 1. The van der Waals surface area contributed by atoms with Gasteiger partial charge in [0.2, 0.25) is 5.69 Å². The van der Waals surface area contributed by atoms with Gasteiger partial charge in [-0.15, -0.1) is 0 Å². The lowest BCUT2D eigenvalue weighted by Crippen LogP contribution is -2.46. The second-order valence-corrected chi connectivity index (χ2v) is 14.1. The molecule has 0 spiro atoms. The van der Waals surface area contributed by atoms with Crippen molar-refractivity contribution in [3.8, 4) is 11.3 Å². The first-order valence-corrected chi connectivity index (χ1v) is 12.3. The minimum Gasteiger partial charge on any atom is -0.201 e. The Bertz CT molecular complexity index is 827. The van der Waals surface area contributed by atoms with Crippen LogP contribution in [0, 0.1) is 19.3 Å². The van der Waals surface area contributed by atoms with Crippen molar-refractivity contribution in [3.05, 3.63) is 47.2 Å². The monoisotopic (exact) mass is 342 g/mol. The Hall–Kier alpha value is -1.41. The second kappa shape index (κ2) is 6.48. The molecule has 0 saturated heterocycles. The van der Waals surface area contributed by atoms with Crippen LogP contribution >= 0.6 is 0 Å².